The van der Waals surface area contributed by atoms with Crippen LogP contribution >= 0.6 is 111 Å². The zero-order chi connectivity index (χ0) is 72.5. The third-order valence-corrected chi connectivity index (χ3v) is 19.7. The molecule has 540 valence electrons. The van der Waals surface area contributed by atoms with Crippen molar-refractivity contribution in [3.8, 4) is 17.2 Å². The summed E-state index contributed by atoms with van der Waals surface area (Å²) in [5, 5.41) is 36.7. The van der Waals surface area contributed by atoms with Gasteiger partial charge in [0.05, 0.1) is 15.5 Å². The Balaban J connectivity index is 0.00000121. The highest BCUT2D eigenvalue weighted by molar-refractivity contribution is 8.77. The number of phenols is 2. The van der Waals surface area contributed by atoms with Crippen molar-refractivity contribution in [2.45, 2.75) is 54.1 Å². The van der Waals surface area contributed by atoms with Crippen LogP contribution in [0, 0.1) is 66.5 Å². The molecule has 2 amide bonds. The number of carbonyl (C=O) groups is 4. The average Bonchev–Trinajstić information content (AvgIpc) is 0.810. The number of nitroso groups, excluding NO2 is 2. The topological polar surface area (TPSA) is 328 Å². The normalized spacial score (nSPS) is 9.98. The Hall–Kier alpha value is -6.57. The lowest BCUT2D eigenvalue weighted by molar-refractivity contribution is -0.384. The van der Waals surface area contributed by atoms with Crippen LogP contribution in [-0.2, 0) is 36.6 Å². The number of hydrogen-bond acceptors (Lipinski definition) is 30. The van der Waals surface area contributed by atoms with Crippen molar-refractivity contribution in [1.82, 2.24) is 25.0 Å². The Morgan fingerprint density at radius 3 is 1.26 bits per heavy atom. The molecule has 0 saturated heterocycles. The standard InChI is InChI=1S/C14H12N2O5S2.C13H14F4N2O4S2.C10H13NO2S2.C9H8F4OS.C9H11N3O3S2.CH5N.ClH/c17-14(21-12-6-4-11(5-7-12)16(18)19)20-9-10-22-23-13-3-1-2-8-15-13;1-19(18-22)13(21)23-4-6-25-24-5-2-3-7-8(14)10(16)12(20)11(17)9(7)15;1-2-10(12)13-7-8-14-15-9-5-3-4-6-11-9;10-5-4(2-1-3-15)6(11)8(13)9(14)7(5)12;1-12(11-14)9(13)15-6-7-16-17-8-4-2-3-5-10-8;1-2;/h1-8H,9-10H2;20H,2-6H2,1H3;3-6H,2,7-8H2,1H3;14-15H,1-3H2;2-5H,6-7H2,1H3;2H2,1H3;1H. The molecule has 0 saturated carbocycles. The number of halogens is 9. The maximum atomic E-state index is 13.5. The van der Waals surface area contributed by atoms with E-state index in [1.807, 2.05) is 54.6 Å². The molecule has 0 aliphatic carbocycles. The smallest absolute Gasteiger partial charge is 0.503 e. The second-order valence-electron chi connectivity index (χ2n) is 16.9. The molecule has 0 aliphatic rings. The van der Waals surface area contributed by atoms with E-state index in [1.54, 1.807) is 47.1 Å². The monoisotopic (exact) mass is 1580 g/mol. The third kappa shape index (κ3) is 37.6. The highest BCUT2D eigenvalue weighted by atomic mass is 35.5. The summed E-state index contributed by atoms with van der Waals surface area (Å²) in [6, 6.07) is 22.2. The molecule has 6 rings (SSSR count). The Morgan fingerprint density at radius 1 is 0.551 bits per heavy atom. The number of aromatic nitrogens is 3. The van der Waals surface area contributed by atoms with Crippen LogP contribution in [0.15, 0.2) is 123 Å². The molecule has 0 unspecified atom stereocenters. The number of nitro benzene ring substituents is 1. The van der Waals surface area contributed by atoms with Gasteiger partial charge in [0, 0.05) is 91.1 Å². The largest absolute Gasteiger partial charge is 0.513 e. The third-order valence-electron chi connectivity index (χ3n) is 10.2. The van der Waals surface area contributed by atoms with Gasteiger partial charge in [-0.2, -0.15) is 40.2 Å². The molecule has 0 atom stereocenters. The number of hydrogen-bond donors (Lipinski definition) is 4. The van der Waals surface area contributed by atoms with Crippen LogP contribution in [-0.4, -0.2) is 147 Å². The van der Waals surface area contributed by atoms with Gasteiger partial charge in [-0.3, -0.25) is 14.9 Å². The first-order chi connectivity index (χ1) is 46.5. The Morgan fingerprint density at radius 2 is 0.908 bits per heavy atom. The quantitative estimate of drug-likeness (QED) is 0.00268. The maximum absolute atomic E-state index is 13.5. The van der Waals surface area contributed by atoms with Gasteiger partial charge in [-0.1, -0.05) is 79.1 Å². The molecule has 3 aromatic heterocycles. The van der Waals surface area contributed by atoms with E-state index in [0.29, 0.717) is 51.8 Å². The highest BCUT2D eigenvalue weighted by Crippen LogP contribution is 2.33. The van der Waals surface area contributed by atoms with Crippen molar-refractivity contribution in [3.63, 3.8) is 0 Å². The fourth-order valence-electron chi connectivity index (χ4n) is 5.74. The van der Waals surface area contributed by atoms with E-state index in [-0.39, 0.29) is 75.3 Å². The van der Waals surface area contributed by atoms with Crippen molar-refractivity contribution >= 4 is 141 Å². The predicted molar refractivity (Wildman–Crippen MR) is 372 cm³/mol. The van der Waals surface area contributed by atoms with Crippen LogP contribution in [0.1, 0.15) is 37.3 Å². The van der Waals surface area contributed by atoms with Crippen molar-refractivity contribution < 1.29 is 93.1 Å². The van der Waals surface area contributed by atoms with Gasteiger partial charge in [0.1, 0.15) is 47.3 Å². The highest BCUT2D eigenvalue weighted by Gasteiger charge is 2.26. The summed E-state index contributed by atoms with van der Waals surface area (Å²) in [7, 11) is 15.7. The minimum Gasteiger partial charge on any atom is -0.503 e. The molecule has 0 spiro atoms. The fourth-order valence-corrected chi connectivity index (χ4v) is 12.9. The van der Waals surface area contributed by atoms with Gasteiger partial charge in [-0.05, 0) is 119 Å². The summed E-state index contributed by atoms with van der Waals surface area (Å²) in [4.78, 5) is 86.7. The number of nitrogens with two attached hydrogens (primary N) is 1. The molecule has 4 N–H and O–H groups in total. The van der Waals surface area contributed by atoms with E-state index in [0.717, 1.165) is 27.9 Å². The van der Waals surface area contributed by atoms with Crippen LogP contribution in [0.5, 0.6) is 17.2 Å². The molecular formula is C56H64ClF8N9O15S9. The summed E-state index contributed by atoms with van der Waals surface area (Å²) in [6.45, 7) is 2.71. The van der Waals surface area contributed by atoms with Crippen LogP contribution in [0.3, 0.4) is 0 Å². The molecule has 0 bridgehead atoms. The van der Waals surface area contributed by atoms with Gasteiger partial charge in [0.25, 0.3) is 5.69 Å². The van der Waals surface area contributed by atoms with E-state index in [1.165, 1.54) is 103 Å². The number of phenolic OH excluding ortho intramolecular Hbond substituents is 2. The Labute approximate surface area is 600 Å². The molecule has 0 aliphatic heterocycles. The number of pyridine rings is 3. The summed E-state index contributed by atoms with van der Waals surface area (Å²) in [5.41, 5.74) is 2.97. The number of rotatable bonds is 31. The average molecular weight is 1580 g/mol. The fraction of sp³-hybridized carbons (Fsp3) is 0.339. The molecule has 0 fully saturated rings. The number of ether oxygens (including phenoxy) is 5. The number of aromatic hydroxyl groups is 2. The van der Waals surface area contributed by atoms with E-state index in [9.17, 15) is 74.2 Å². The minimum atomic E-state index is -1.81. The van der Waals surface area contributed by atoms with Gasteiger partial charge >= 0.3 is 24.3 Å². The van der Waals surface area contributed by atoms with E-state index in [4.69, 9.17) is 33.9 Å². The van der Waals surface area contributed by atoms with Gasteiger partial charge in [0.15, 0.2) is 34.8 Å². The lowest BCUT2D eigenvalue weighted by atomic mass is 10.1. The van der Waals surface area contributed by atoms with Crippen molar-refractivity contribution in [3.05, 3.63) is 175 Å². The zero-order valence-corrected chi connectivity index (χ0v) is 60.1. The molecule has 3 heterocycles. The second kappa shape index (κ2) is 55.2. The molecule has 6 aromatic rings. The molecule has 0 radical (unpaired) electrons. The number of nitrogens with zero attached hydrogens (tertiary/aromatic N) is 8. The van der Waals surface area contributed by atoms with E-state index in [2.05, 4.69) is 43.9 Å². The Bertz CT molecular complexity index is 3280. The number of nitro groups is 1. The van der Waals surface area contributed by atoms with Crippen molar-refractivity contribution in [2.75, 3.05) is 82.1 Å². The minimum absolute atomic E-state index is 0. The first-order valence-corrected chi connectivity index (χ1v) is 37.4. The summed E-state index contributed by atoms with van der Waals surface area (Å²) in [5.74, 6) is -13.6. The predicted octanol–water partition coefficient (Wildman–Crippen LogP) is 16.1. The number of non-ortho nitro benzene ring substituents is 1. The van der Waals surface area contributed by atoms with E-state index < -0.39 is 92.4 Å². The van der Waals surface area contributed by atoms with Gasteiger partial charge < -0.3 is 39.6 Å². The molecule has 3 aromatic carbocycles. The van der Waals surface area contributed by atoms with Gasteiger partial charge in [-0.15, -0.1) is 22.2 Å². The van der Waals surface area contributed by atoms with Gasteiger partial charge in [-0.25, -0.2) is 46.9 Å². The summed E-state index contributed by atoms with van der Waals surface area (Å²) >= 11 is 3.81. The molecule has 42 heteroatoms. The lowest BCUT2D eigenvalue weighted by Crippen LogP contribution is -2.22. The molecule has 98 heavy (non-hydrogen) atoms. The summed E-state index contributed by atoms with van der Waals surface area (Å²) in [6.07, 6.45) is 3.24. The first kappa shape index (κ1) is 91.4. The molecular weight excluding hydrogens is 1510 g/mol. The van der Waals surface area contributed by atoms with Gasteiger partial charge in [0.2, 0.25) is 23.3 Å². The van der Waals surface area contributed by atoms with Crippen LogP contribution < -0.4 is 10.5 Å². The van der Waals surface area contributed by atoms with Crippen molar-refractivity contribution in [2.24, 2.45) is 16.3 Å². The van der Waals surface area contributed by atoms with Crippen LogP contribution in [0.2, 0.25) is 0 Å². The van der Waals surface area contributed by atoms with E-state index >= 15 is 0 Å². The number of esters is 1. The Kier molecular flexibility index (Phi) is 51.5. The summed E-state index contributed by atoms with van der Waals surface area (Å²) < 4.78 is 129. The number of thiol groups is 1. The van der Waals surface area contributed by atoms with Crippen LogP contribution in [0.25, 0.3) is 0 Å². The first-order valence-electron chi connectivity index (χ1n) is 27.4. The SMILES string of the molecule is CCC(=O)OCCSSc1ccccn1.CN.CN(N=O)C(=O)OCCSSCCCc1c(F)c(F)c(O)c(F)c1F.CN(N=O)C(=O)OCCSSc1ccccn1.Cl.O=C(OCCSSc1ccccn1)Oc1ccc([N+](=O)[O-])cc1.Oc1c(F)c(F)c(CCCS)c(F)c1F. The number of benzene rings is 3. The number of carbonyl (C=O) groups excluding carboxylic acids is 4. The second-order valence-corrected chi connectivity index (χ2v) is 27.4. The lowest BCUT2D eigenvalue weighted by Gasteiger charge is -2.09. The zero-order valence-electron chi connectivity index (χ0n) is 51.8. The van der Waals surface area contributed by atoms with Crippen molar-refractivity contribution in [1.29, 1.82) is 0 Å². The number of amides is 2. The van der Waals surface area contributed by atoms with Crippen LogP contribution in [0.4, 0.5) is 55.2 Å². The molecule has 24 nitrogen and oxygen atoms in total. The maximum Gasteiger partial charge on any atom is 0.513 e.